The van der Waals surface area contributed by atoms with Crippen LogP contribution in [0.15, 0.2) is 80.4 Å². The van der Waals surface area contributed by atoms with Gasteiger partial charge in [-0.15, -0.1) is 0 Å². The quantitative estimate of drug-likeness (QED) is 0.259. The van der Waals surface area contributed by atoms with Crippen LogP contribution in [0.1, 0.15) is 40.0 Å². The van der Waals surface area contributed by atoms with Crippen LogP contribution in [0, 0.1) is 0 Å². The van der Waals surface area contributed by atoms with Crippen LogP contribution in [0.4, 0.5) is 5.69 Å². The molecule has 0 saturated carbocycles. The van der Waals surface area contributed by atoms with Crippen molar-refractivity contribution in [1.82, 2.24) is 4.90 Å². The molecule has 5 rings (SSSR count). The van der Waals surface area contributed by atoms with E-state index in [9.17, 15) is 19.5 Å². The summed E-state index contributed by atoms with van der Waals surface area (Å²) in [5.41, 5.74) is 1.55. The summed E-state index contributed by atoms with van der Waals surface area (Å²) in [4.78, 5) is 41.5. The van der Waals surface area contributed by atoms with Gasteiger partial charge in [0.25, 0.3) is 0 Å². The van der Waals surface area contributed by atoms with Gasteiger partial charge in [0.05, 0.1) is 45.8 Å². The van der Waals surface area contributed by atoms with Gasteiger partial charge >= 0.3 is 11.9 Å². The summed E-state index contributed by atoms with van der Waals surface area (Å²) in [5.74, 6) is -0.701. The Morgan fingerprint density at radius 1 is 0.886 bits per heavy atom. The van der Waals surface area contributed by atoms with Gasteiger partial charge in [-0.1, -0.05) is 12.1 Å². The molecule has 3 heterocycles. The second-order valence-corrected chi connectivity index (χ2v) is 10.4. The first-order valence-electron chi connectivity index (χ1n) is 14.1. The van der Waals surface area contributed by atoms with Crippen LogP contribution >= 0.6 is 0 Å². The lowest BCUT2D eigenvalue weighted by Gasteiger charge is -2.35. The molecule has 0 amide bonds. The Morgan fingerprint density at radius 3 is 2.23 bits per heavy atom. The summed E-state index contributed by atoms with van der Waals surface area (Å²) in [6.45, 7) is 3.37. The highest BCUT2D eigenvalue weighted by Crippen LogP contribution is 2.36. The molecule has 0 aliphatic carbocycles. The Labute approximate surface area is 254 Å². The van der Waals surface area contributed by atoms with Crippen molar-refractivity contribution >= 4 is 17.6 Å². The zero-order valence-electron chi connectivity index (χ0n) is 24.8. The molecule has 2 aromatic carbocycles. The highest BCUT2D eigenvalue weighted by Gasteiger charge is 2.30. The molecule has 230 valence electrons. The molecule has 1 N–H and O–H groups in total. The highest BCUT2D eigenvalue weighted by molar-refractivity contribution is 5.89. The van der Waals surface area contributed by atoms with Crippen LogP contribution in [0.25, 0.3) is 11.3 Å². The molecule has 1 aliphatic heterocycles. The topological polar surface area (TPSA) is 132 Å². The van der Waals surface area contributed by atoms with Gasteiger partial charge in [0.15, 0.2) is 5.76 Å². The van der Waals surface area contributed by atoms with E-state index < -0.39 is 29.0 Å². The first-order valence-corrected chi connectivity index (χ1v) is 14.1. The average molecular weight is 603 g/mol. The zero-order chi connectivity index (χ0) is 31.2. The number of carbonyl (C=O) groups excluding carboxylic acids is 2. The summed E-state index contributed by atoms with van der Waals surface area (Å²) in [7, 11) is 4.20. The lowest BCUT2D eigenvalue weighted by molar-refractivity contribution is -0.141. The molecule has 1 saturated heterocycles. The Morgan fingerprint density at radius 2 is 1.59 bits per heavy atom. The molecule has 11 nitrogen and oxygen atoms in total. The van der Waals surface area contributed by atoms with Crippen molar-refractivity contribution in [3.05, 3.63) is 99.8 Å². The fourth-order valence-electron chi connectivity index (χ4n) is 5.20. The Bertz CT molecular complexity index is 1650. The second-order valence-electron chi connectivity index (χ2n) is 10.4. The van der Waals surface area contributed by atoms with E-state index in [-0.39, 0.29) is 12.2 Å². The third kappa shape index (κ3) is 6.78. The number of ether oxygens (including phenoxy) is 3. The summed E-state index contributed by atoms with van der Waals surface area (Å²) in [5, 5.41) is 10.8. The lowest BCUT2D eigenvalue weighted by atomic mass is 9.98. The molecule has 44 heavy (non-hydrogen) atoms. The number of benzene rings is 2. The molecule has 0 spiro atoms. The highest BCUT2D eigenvalue weighted by atomic mass is 16.5. The number of furan rings is 1. The van der Waals surface area contributed by atoms with Gasteiger partial charge in [-0.05, 0) is 48.5 Å². The maximum absolute atomic E-state index is 12.9. The third-order valence-electron chi connectivity index (χ3n) is 7.66. The minimum absolute atomic E-state index is 0.0725. The maximum Gasteiger partial charge on any atom is 0.337 e. The molecular weight excluding hydrogens is 568 g/mol. The Hall–Kier alpha value is -5.03. The number of nitrogens with zero attached hydrogens (tertiary/aromatic N) is 2. The normalized spacial score (nSPS) is 14.2. The molecule has 1 atom stereocenters. The fraction of sp³-hybridized carbons (Fsp3) is 0.303. The monoisotopic (exact) mass is 602 g/mol. The van der Waals surface area contributed by atoms with E-state index in [1.54, 1.807) is 43.5 Å². The standard InChI is InChI=1S/C33H34N2O9/c1-40-24-10-8-23(9-11-24)35-16-14-34(15-17-35)20-25-18-27(36)31(38)32(43-25)26(19-30(37)41-2)29-13-12-28(44-29)21-4-6-22(7-5-21)33(39)42-3/h4-13,18,26,38H,14-17,19-20H2,1-3H3/t26-/m1/s1. The molecule has 0 unspecified atom stereocenters. The average Bonchev–Trinajstić information content (AvgIpc) is 3.55. The van der Waals surface area contributed by atoms with E-state index >= 15 is 0 Å². The molecule has 2 aromatic heterocycles. The van der Waals surface area contributed by atoms with E-state index in [1.165, 1.54) is 20.3 Å². The van der Waals surface area contributed by atoms with Gasteiger partial charge in [0, 0.05) is 43.5 Å². The van der Waals surface area contributed by atoms with Crippen LogP contribution in [0.5, 0.6) is 11.5 Å². The number of hydrogen-bond donors (Lipinski definition) is 1. The number of piperazine rings is 1. The van der Waals surface area contributed by atoms with Crippen LogP contribution in [0.2, 0.25) is 0 Å². The van der Waals surface area contributed by atoms with Gasteiger partial charge in [0.2, 0.25) is 11.2 Å². The summed E-state index contributed by atoms with van der Waals surface area (Å²) in [6.07, 6.45) is -0.231. The third-order valence-corrected chi connectivity index (χ3v) is 7.66. The Kier molecular flexibility index (Phi) is 9.35. The first kappa shape index (κ1) is 30.4. The molecule has 0 bridgehead atoms. The van der Waals surface area contributed by atoms with Gasteiger partial charge in [-0.2, -0.15) is 0 Å². The van der Waals surface area contributed by atoms with Gasteiger partial charge in [0.1, 0.15) is 23.0 Å². The van der Waals surface area contributed by atoms with Crippen molar-refractivity contribution in [3.8, 4) is 22.8 Å². The molecule has 11 heteroatoms. The van der Waals surface area contributed by atoms with E-state index in [4.69, 9.17) is 23.0 Å². The van der Waals surface area contributed by atoms with E-state index in [2.05, 4.69) is 9.80 Å². The number of methoxy groups -OCH3 is 3. The van der Waals surface area contributed by atoms with Crippen molar-refractivity contribution in [3.63, 3.8) is 0 Å². The predicted octanol–water partition coefficient (Wildman–Crippen LogP) is 4.42. The van der Waals surface area contributed by atoms with Crippen LogP contribution < -0.4 is 15.1 Å². The van der Waals surface area contributed by atoms with Gasteiger partial charge < -0.3 is 33.1 Å². The largest absolute Gasteiger partial charge is 0.502 e. The zero-order valence-corrected chi connectivity index (χ0v) is 24.8. The van der Waals surface area contributed by atoms with Gasteiger partial charge in [-0.25, -0.2) is 4.79 Å². The number of carbonyl (C=O) groups is 2. The van der Waals surface area contributed by atoms with E-state index in [0.29, 0.717) is 35.0 Å². The Balaban J connectivity index is 1.36. The van der Waals surface area contributed by atoms with Crippen molar-refractivity contribution in [2.75, 3.05) is 52.4 Å². The summed E-state index contributed by atoms with van der Waals surface area (Å²) < 4.78 is 27.1. The van der Waals surface area contributed by atoms with Crippen LogP contribution in [0.3, 0.4) is 0 Å². The van der Waals surface area contributed by atoms with Crippen molar-refractivity contribution in [2.45, 2.75) is 18.9 Å². The molecule has 0 radical (unpaired) electrons. The second kappa shape index (κ2) is 13.5. The number of esters is 2. The molecule has 1 fully saturated rings. The van der Waals surface area contributed by atoms with Crippen molar-refractivity contribution in [1.29, 1.82) is 0 Å². The van der Waals surface area contributed by atoms with Crippen molar-refractivity contribution < 1.29 is 37.7 Å². The molecule has 1 aliphatic rings. The number of aromatic hydroxyl groups is 1. The number of hydrogen-bond acceptors (Lipinski definition) is 11. The van der Waals surface area contributed by atoms with E-state index in [1.807, 2.05) is 24.3 Å². The smallest absolute Gasteiger partial charge is 0.337 e. The summed E-state index contributed by atoms with van der Waals surface area (Å²) in [6, 6.07) is 19.2. The van der Waals surface area contributed by atoms with Crippen LogP contribution in [-0.2, 0) is 20.8 Å². The van der Waals surface area contributed by atoms with Crippen LogP contribution in [-0.4, -0.2) is 69.5 Å². The lowest BCUT2D eigenvalue weighted by Crippen LogP contribution is -2.46. The SMILES string of the molecule is COC(=O)C[C@H](c1ccc(-c2ccc(C(=O)OC)cc2)o1)c1oc(CN2CCN(c3ccc(OC)cc3)CC2)cc(=O)c1O. The first-order chi connectivity index (χ1) is 21.3. The van der Waals surface area contributed by atoms with E-state index in [0.717, 1.165) is 37.6 Å². The number of rotatable bonds is 10. The molecule has 4 aromatic rings. The predicted molar refractivity (Wildman–Crippen MR) is 161 cm³/mol. The summed E-state index contributed by atoms with van der Waals surface area (Å²) >= 11 is 0. The number of anilines is 1. The van der Waals surface area contributed by atoms with Gasteiger partial charge in [-0.3, -0.25) is 14.5 Å². The minimum atomic E-state index is -0.926. The minimum Gasteiger partial charge on any atom is -0.502 e. The fourth-order valence-corrected chi connectivity index (χ4v) is 5.20. The molecular formula is C33H34N2O9. The van der Waals surface area contributed by atoms with Crippen molar-refractivity contribution in [2.24, 2.45) is 0 Å². The maximum atomic E-state index is 12.9.